The second-order valence-electron chi connectivity index (χ2n) is 5.89. The lowest BCUT2D eigenvalue weighted by atomic mass is 10.0. The summed E-state index contributed by atoms with van der Waals surface area (Å²) in [5.74, 6) is 0.883. The van der Waals surface area contributed by atoms with Crippen LogP contribution < -0.4 is 4.90 Å². The van der Waals surface area contributed by atoms with Crippen molar-refractivity contribution in [2.75, 3.05) is 4.90 Å². The van der Waals surface area contributed by atoms with E-state index >= 15 is 0 Å². The number of halogens is 1. The van der Waals surface area contributed by atoms with Gasteiger partial charge in [-0.2, -0.15) is 0 Å². The van der Waals surface area contributed by atoms with Gasteiger partial charge >= 0.3 is 0 Å². The van der Waals surface area contributed by atoms with Crippen molar-refractivity contribution in [2.45, 2.75) is 0 Å². The smallest absolute Gasteiger partial charge is 0.137 e. The Morgan fingerprint density at radius 2 is 1.46 bits per heavy atom. The molecule has 0 aliphatic carbocycles. The number of anilines is 3. The molecule has 4 aromatic rings. The van der Waals surface area contributed by atoms with E-state index in [1.807, 2.05) is 42.6 Å². The van der Waals surface area contributed by atoms with Gasteiger partial charge in [0.05, 0.1) is 5.69 Å². The van der Waals surface area contributed by atoms with Gasteiger partial charge in [-0.05, 0) is 42.0 Å². The summed E-state index contributed by atoms with van der Waals surface area (Å²) in [4.78, 5) is 6.79. The van der Waals surface area contributed by atoms with Gasteiger partial charge in [-0.15, -0.1) is 0 Å². The normalized spacial score (nSPS) is 10.5. The summed E-state index contributed by atoms with van der Waals surface area (Å²) < 4.78 is 1.04. The van der Waals surface area contributed by atoms with Crippen LogP contribution in [0.15, 0.2) is 108 Å². The molecule has 4 rings (SSSR count). The third-order valence-corrected chi connectivity index (χ3v) is 4.67. The number of pyridine rings is 1. The van der Waals surface area contributed by atoms with E-state index in [2.05, 4.69) is 86.5 Å². The Morgan fingerprint density at radius 3 is 2.23 bits per heavy atom. The third-order valence-electron chi connectivity index (χ3n) is 4.17. The van der Waals surface area contributed by atoms with Crippen LogP contribution >= 0.6 is 15.9 Å². The number of nitrogens with zero attached hydrogens (tertiary/aromatic N) is 2. The Hall–Kier alpha value is -2.91. The van der Waals surface area contributed by atoms with Crippen LogP contribution in [0, 0.1) is 0 Å². The van der Waals surface area contributed by atoms with Crippen LogP contribution in [0.25, 0.3) is 11.1 Å². The highest BCUT2D eigenvalue weighted by Gasteiger charge is 2.17. The van der Waals surface area contributed by atoms with Crippen molar-refractivity contribution >= 4 is 33.1 Å². The van der Waals surface area contributed by atoms with Crippen LogP contribution in [0.1, 0.15) is 0 Å². The molecular formula is C23H17BrN2. The second-order valence-corrected chi connectivity index (χ2v) is 6.80. The van der Waals surface area contributed by atoms with E-state index in [-0.39, 0.29) is 0 Å². The van der Waals surface area contributed by atoms with Gasteiger partial charge < -0.3 is 0 Å². The van der Waals surface area contributed by atoms with Crippen LogP contribution in [-0.4, -0.2) is 4.98 Å². The van der Waals surface area contributed by atoms with Gasteiger partial charge in [-0.3, -0.25) is 4.90 Å². The van der Waals surface area contributed by atoms with E-state index in [0.717, 1.165) is 21.7 Å². The predicted molar refractivity (Wildman–Crippen MR) is 112 cm³/mol. The Kier molecular flexibility index (Phi) is 4.80. The molecule has 0 radical (unpaired) electrons. The van der Waals surface area contributed by atoms with Crippen LogP contribution in [-0.2, 0) is 0 Å². The SMILES string of the molecule is Brc1cccc(N(c2ccccn2)c2ccccc2-c2ccccc2)c1. The highest BCUT2D eigenvalue weighted by atomic mass is 79.9. The van der Waals surface area contributed by atoms with Gasteiger partial charge in [0, 0.05) is 21.9 Å². The maximum atomic E-state index is 4.61. The summed E-state index contributed by atoms with van der Waals surface area (Å²) in [6, 6.07) is 33.1. The molecule has 0 aliphatic rings. The molecule has 3 aromatic carbocycles. The van der Waals surface area contributed by atoms with Crippen molar-refractivity contribution < 1.29 is 0 Å². The minimum atomic E-state index is 0.883. The molecule has 0 saturated heterocycles. The summed E-state index contributed by atoms with van der Waals surface area (Å²) in [6.45, 7) is 0. The zero-order valence-electron chi connectivity index (χ0n) is 14.1. The molecule has 1 aromatic heterocycles. The standard InChI is InChI=1S/C23H17BrN2/c24-19-11-8-12-20(17-19)26(23-15-6-7-16-25-23)22-14-5-4-13-21(22)18-9-2-1-3-10-18/h1-17H. The molecule has 0 atom stereocenters. The minimum absolute atomic E-state index is 0.883. The lowest BCUT2D eigenvalue weighted by Gasteiger charge is -2.26. The molecule has 0 bridgehead atoms. The molecule has 0 aliphatic heterocycles. The van der Waals surface area contributed by atoms with E-state index in [4.69, 9.17) is 0 Å². The quantitative estimate of drug-likeness (QED) is 0.367. The summed E-state index contributed by atoms with van der Waals surface area (Å²) in [5, 5.41) is 0. The zero-order chi connectivity index (χ0) is 17.8. The first-order valence-corrected chi connectivity index (χ1v) is 9.23. The van der Waals surface area contributed by atoms with Crippen molar-refractivity contribution in [3.05, 3.63) is 108 Å². The third kappa shape index (κ3) is 3.39. The number of benzene rings is 3. The monoisotopic (exact) mass is 400 g/mol. The summed E-state index contributed by atoms with van der Waals surface area (Å²) >= 11 is 3.59. The van der Waals surface area contributed by atoms with E-state index in [1.165, 1.54) is 11.1 Å². The minimum Gasteiger partial charge on any atom is -0.294 e. The summed E-state index contributed by atoms with van der Waals surface area (Å²) in [6.07, 6.45) is 1.82. The van der Waals surface area contributed by atoms with E-state index in [9.17, 15) is 0 Å². The maximum absolute atomic E-state index is 4.61. The van der Waals surface area contributed by atoms with Gasteiger partial charge in [0.2, 0.25) is 0 Å². The Bertz CT molecular complexity index is 1000. The van der Waals surface area contributed by atoms with E-state index in [1.54, 1.807) is 0 Å². The van der Waals surface area contributed by atoms with Crippen LogP contribution in [0.4, 0.5) is 17.2 Å². The maximum Gasteiger partial charge on any atom is 0.137 e. The number of rotatable bonds is 4. The van der Waals surface area contributed by atoms with Gasteiger partial charge in [-0.25, -0.2) is 4.98 Å². The first-order valence-electron chi connectivity index (χ1n) is 8.44. The molecule has 0 unspecified atom stereocenters. The average molecular weight is 401 g/mol. The molecule has 0 saturated carbocycles. The molecule has 3 heteroatoms. The molecule has 26 heavy (non-hydrogen) atoms. The highest BCUT2D eigenvalue weighted by molar-refractivity contribution is 9.10. The largest absolute Gasteiger partial charge is 0.294 e. The Balaban J connectivity index is 1.94. The Morgan fingerprint density at radius 1 is 0.692 bits per heavy atom. The van der Waals surface area contributed by atoms with Crippen molar-refractivity contribution in [1.82, 2.24) is 4.98 Å². The van der Waals surface area contributed by atoms with Crippen molar-refractivity contribution in [2.24, 2.45) is 0 Å². The van der Waals surface area contributed by atoms with Gasteiger partial charge in [0.25, 0.3) is 0 Å². The number of hydrogen-bond acceptors (Lipinski definition) is 2. The lowest BCUT2D eigenvalue weighted by molar-refractivity contribution is 1.18. The molecule has 0 fully saturated rings. The van der Waals surface area contributed by atoms with E-state index < -0.39 is 0 Å². The topological polar surface area (TPSA) is 16.1 Å². The molecular weight excluding hydrogens is 384 g/mol. The van der Waals surface area contributed by atoms with Crippen molar-refractivity contribution in [1.29, 1.82) is 0 Å². The Labute approximate surface area is 161 Å². The number of aromatic nitrogens is 1. The van der Waals surface area contributed by atoms with Crippen molar-refractivity contribution in [3.8, 4) is 11.1 Å². The summed E-state index contributed by atoms with van der Waals surface area (Å²) in [5.41, 5.74) is 4.50. The molecule has 2 nitrogen and oxygen atoms in total. The highest BCUT2D eigenvalue weighted by Crippen LogP contribution is 2.40. The number of para-hydroxylation sites is 1. The fraction of sp³-hybridized carbons (Fsp3) is 0. The number of hydrogen-bond donors (Lipinski definition) is 0. The first-order chi connectivity index (χ1) is 12.8. The summed E-state index contributed by atoms with van der Waals surface area (Å²) in [7, 11) is 0. The lowest BCUT2D eigenvalue weighted by Crippen LogP contribution is -2.12. The molecule has 0 spiro atoms. The van der Waals surface area contributed by atoms with Gasteiger partial charge in [0.15, 0.2) is 0 Å². The fourth-order valence-electron chi connectivity index (χ4n) is 3.03. The van der Waals surface area contributed by atoms with Crippen LogP contribution in [0.5, 0.6) is 0 Å². The molecule has 0 amide bonds. The predicted octanol–water partition coefficient (Wildman–Crippen LogP) is 6.98. The molecule has 0 N–H and O–H groups in total. The zero-order valence-corrected chi connectivity index (χ0v) is 15.7. The van der Waals surface area contributed by atoms with Crippen molar-refractivity contribution in [3.63, 3.8) is 0 Å². The fourth-order valence-corrected chi connectivity index (χ4v) is 3.41. The van der Waals surface area contributed by atoms with Crippen LogP contribution in [0.2, 0.25) is 0 Å². The van der Waals surface area contributed by atoms with Gasteiger partial charge in [-0.1, -0.05) is 76.6 Å². The molecule has 1 heterocycles. The molecule has 126 valence electrons. The second kappa shape index (κ2) is 7.54. The van der Waals surface area contributed by atoms with Crippen LogP contribution in [0.3, 0.4) is 0 Å². The van der Waals surface area contributed by atoms with Gasteiger partial charge in [0.1, 0.15) is 5.82 Å². The first kappa shape index (κ1) is 16.6. The average Bonchev–Trinajstić information content (AvgIpc) is 2.70. The van der Waals surface area contributed by atoms with E-state index in [0.29, 0.717) is 0 Å².